The summed E-state index contributed by atoms with van der Waals surface area (Å²) in [5, 5.41) is 1.30. The minimum Gasteiger partial charge on any atom is -0.361 e. The van der Waals surface area contributed by atoms with Crippen LogP contribution in [0.3, 0.4) is 0 Å². The smallest absolute Gasteiger partial charge is 0.0456 e. The van der Waals surface area contributed by atoms with Gasteiger partial charge in [-0.05, 0) is 60.5 Å². The predicted molar refractivity (Wildman–Crippen MR) is 65.1 cm³/mol. The van der Waals surface area contributed by atoms with Gasteiger partial charge in [-0.3, -0.25) is 0 Å². The van der Waals surface area contributed by atoms with Crippen molar-refractivity contribution in [3.8, 4) is 0 Å². The number of hydrogen-bond donors (Lipinski definition) is 2. The molecule has 1 aromatic heterocycles. The molecule has 2 rings (SSSR count). The van der Waals surface area contributed by atoms with Crippen molar-refractivity contribution in [2.45, 2.75) is 26.2 Å². The van der Waals surface area contributed by atoms with E-state index in [1.54, 1.807) is 0 Å². The molecule has 0 spiro atoms. The zero-order chi connectivity index (χ0) is 10.7. The summed E-state index contributed by atoms with van der Waals surface area (Å²) in [7, 11) is 0. The van der Waals surface area contributed by atoms with Crippen LogP contribution in [0, 0.1) is 0 Å². The van der Waals surface area contributed by atoms with E-state index in [0.29, 0.717) is 0 Å². The lowest BCUT2D eigenvalue weighted by Gasteiger charge is -2.07. The van der Waals surface area contributed by atoms with Gasteiger partial charge in [0.15, 0.2) is 0 Å². The summed E-state index contributed by atoms with van der Waals surface area (Å²) >= 11 is 0. The normalized spacial score (nSPS) is 11.1. The third-order valence-corrected chi connectivity index (χ3v) is 2.90. The molecule has 0 aliphatic heterocycles. The van der Waals surface area contributed by atoms with Gasteiger partial charge in [0, 0.05) is 11.7 Å². The maximum absolute atomic E-state index is 5.55. The quantitative estimate of drug-likeness (QED) is 0.786. The number of fused-ring (bicyclic) bond motifs is 1. The molecule has 0 saturated carbocycles. The van der Waals surface area contributed by atoms with Crippen LogP contribution in [0.2, 0.25) is 0 Å². The van der Waals surface area contributed by atoms with E-state index in [9.17, 15) is 0 Å². The molecular formula is C13H18N2. The molecule has 2 aromatic rings. The van der Waals surface area contributed by atoms with Crippen LogP contribution in [-0.2, 0) is 12.8 Å². The Bertz CT molecular complexity index is 443. The van der Waals surface area contributed by atoms with Crippen LogP contribution in [0.1, 0.15) is 24.5 Å². The highest BCUT2D eigenvalue weighted by Gasteiger charge is 2.03. The number of aryl methyl sites for hydroxylation is 2. The first-order valence-corrected chi connectivity index (χ1v) is 5.64. The Hall–Kier alpha value is -1.28. The molecular weight excluding hydrogens is 184 g/mol. The van der Waals surface area contributed by atoms with Gasteiger partial charge in [-0.25, -0.2) is 0 Å². The van der Waals surface area contributed by atoms with Gasteiger partial charge in [0.1, 0.15) is 0 Å². The molecule has 80 valence electrons. The fraction of sp³-hybridized carbons (Fsp3) is 0.385. The van der Waals surface area contributed by atoms with E-state index >= 15 is 0 Å². The molecule has 0 fully saturated rings. The number of aromatic nitrogens is 1. The van der Waals surface area contributed by atoms with Crippen LogP contribution in [0.5, 0.6) is 0 Å². The Morgan fingerprint density at radius 1 is 1.27 bits per heavy atom. The number of benzene rings is 1. The number of H-pyrrole nitrogens is 1. The maximum Gasteiger partial charge on any atom is 0.0456 e. The van der Waals surface area contributed by atoms with Crippen molar-refractivity contribution in [2.75, 3.05) is 6.54 Å². The second-order valence-electron chi connectivity index (χ2n) is 3.93. The predicted octanol–water partition coefficient (Wildman–Crippen LogP) is 2.62. The Balaban J connectivity index is 2.40. The van der Waals surface area contributed by atoms with Crippen molar-refractivity contribution < 1.29 is 0 Å². The topological polar surface area (TPSA) is 41.8 Å². The molecule has 0 aliphatic carbocycles. The molecule has 2 heteroatoms. The molecule has 0 unspecified atom stereocenters. The first kappa shape index (κ1) is 10.2. The fourth-order valence-corrected chi connectivity index (χ4v) is 2.05. The first-order chi connectivity index (χ1) is 7.35. The minimum atomic E-state index is 0.772. The molecule has 0 saturated heterocycles. The molecule has 0 bridgehead atoms. The van der Waals surface area contributed by atoms with Crippen LogP contribution >= 0.6 is 0 Å². The first-order valence-electron chi connectivity index (χ1n) is 5.64. The molecule has 1 heterocycles. The second-order valence-corrected chi connectivity index (χ2v) is 3.93. The van der Waals surface area contributed by atoms with Gasteiger partial charge in [0.05, 0.1) is 0 Å². The van der Waals surface area contributed by atoms with Gasteiger partial charge in [0.2, 0.25) is 0 Å². The summed E-state index contributed by atoms with van der Waals surface area (Å²) < 4.78 is 0. The molecule has 0 amide bonds. The zero-order valence-electron chi connectivity index (χ0n) is 9.22. The van der Waals surface area contributed by atoms with Gasteiger partial charge in [-0.2, -0.15) is 0 Å². The SMILES string of the molecule is CCc1cc2[nH]ccc2cc1CCCN. The third-order valence-electron chi connectivity index (χ3n) is 2.90. The molecule has 0 radical (unpaired) electrons. The summed E-state index contributed by atoms with van der Waals surface area (Å²) in [5.74, 6) is 0. The molecule has 0 atom stereocenters. The monoisotopic (exact) mass is 202 g/mol. The van der Waals surface area contributed by atoms with Crippen molar-refractivity contribution in [1.29, 1.82) is 0 Å². The number of nitrogens with two attached hydrogens (primary N) is 1. The lowest BCUT2D eigenvalue weighted by atomic mass is 9.99. The van der Waals surface area contributed by atoms with Gasteiger partial charge >= 0.3 is 0 Å². The molecule has 0 aliphatic rings. The largest absolute Gasteiger partial charge is 0.361 e. The number of rotatable bonds is 4. The van der Waals surface area contributed by atoms with Gasteiger partial charge in [-0.15, -0.1) is 0 Å². The number of nitrogens with one attached hydrogen (secondary N) is 1. The van der Waals surface area contributed by atoms with E-state index in [-0.39, 0.29) is 0 Å². The minimum absolute atomic E-state index is 0.772. The molecule has 15 heavy (non-hydrogen) atoms. The summed E-state index contributed by atoms with van der Waals surface area (Å²) in [6.07, 6.45) is 5.26. The van der Waals surface area contributed by atoms with E-state index < -0.39 is 0 Å². The summed E-state index contributed by atoms with van der Waals surface area (Å²) in [5.41, 5.74) is 9.69. The van der Waals surface area contributed by atoms with E-state index in [4.69, 9.17) is 5.73 Å². The van der Waals surface area contributed by atoms with Crippen LogP contribution in [0.4, 0.5) is 0 Å². The average molecular weight is 202 g/mol. The highest BCUT2D eigenvalue weighted by Crippen LogP contribution is 2.20. The van der Waals surface area contributed by atoms with Crippen molar-refractivity contribution in [2.24, 2.45) is 5.73 Å². The Labute approximate surface area is 90.5 Å². The Morgan fingerprint density at radius 3 is 2.87 bits per heavy atom. The van der Waals surface area contributed by atoms with Crippen LogP contribution < -0.4 is 5.73 Å². The van der Waals surface area contributed by atoms with E-state index in [0.717, 1.165) is 25.8 Å². The number of hydrogen-bond acceptors (Lipinski definition) is 1. The highest BCUT2D eigenvalue weighted by atomic mass is 14.7. The number of aromatic amines is 1. The lowest BCUT2D eigenvalue weighted by molar-refractivity contribution is 0.823. The van der Waals surface area contributed by atoms with Crippen LogP contribution in [0.25, 0.3) is 10.9 Å². The summed E-state index contributed by atoms with van der Waals surface area (Å²) in [6.45, 7) is 2.98. The maximum atomic E-state index is 5.55. The lowest BCUT2D eigenvalue weighted by Crippen LogP contribution is -2.02. The Kier molecular flexibility index (Phi) is 3.07. The standard InChI is InChI=1S/C13H18N2/c1-2-10-9-13-12(5-7-15-13)8-11(10)4-3-6-14/h5,7-9,15H,2-4,6,14H2,1H3. The van der Waals surface area contributed by atoms with Crippen molar-refractivity contribution in [3.63, 3.8) is 0 Å². The van der Waals surface area contributed by atoms with Gasteiger partial charge < -0.3 is 10.7 Å². The van der Waals surface area contributed by atoms with Crippen LogP contribution in [-0.4, -0.2) is 11.5 Å². The Morgan fingerprint density at radius 2 is 2.13 bits per heavy atom. The van der Waals surface area contributed by atoms with E-state index in [1.807, 2.05) is 6.20 Å². The average Bonchev–Trinajstić information content (AvgIpc) is 2.71. The highest BCUT2D eigenvalue weighted by molar-refractivity contribution is 5.81. The van der Waals surface area contributed by atoms with Crippen LogP contribution in [0.15, 0.2) is 24.4 Å². The van der Waals surface area contributed by atoms with Gasteiger partial charge in [-0.1, -0.05) is 6.92 Å². The second kappa shape index (κ2) is 4.49. The molecule has 1 aromatic carbocycles. The van der Waals surface area contributed by atoms with Crippen molar-refractivity contribution in [3.05, 3.63) is 35.5 Å². The van der Waals surface area contributed by atoms with Crippen molar-refractivity contribution >= 4 is 10.9 Å². The van der Waals surface area contributed by atoms with E-state index in [1.165, 1.54) is 22.0 Å². The fourth-order valence-electron chi connectivity index (χ4n) is 2.05. The zero-order valence-corrected chi connectivity index (χ0v) is 9.22. The summed E-state index contributed by atoms with van der Waals surface area (Å²) in [4.78, 5) is 3.25. The third kappa shape index (κ3) is 2.05. The summed E-state index contributed by atoms with van der Waals surface area (Å²) in [6, 6.07) is 6.68. The van der Waals surface area contributed by atoms with E-state index in [2.05, 4.69) is 30.1 Å². The molecule has 2 nitrogen and oxygen atoms in total. The molecule has 3 N–H and O–H groups in total. The van der Waals surface area contributed by atoms with Crippen molar-refractivity contribution in [1.82, 2.24) is 4.98 Å². The van der Waals surface area contributed by atoms with Gasteiger partial charge in [0.25, 0.3) is 0 Å².